The van der Waals surface area contributed by atoms with Crippen molar-refractivity contribution in [2.45, 2.75) is 20.0 Å². The largest absolute Gasteiger partial charge is 0 e. The van der Waals surface area contributed by atoms with Crippen molar-refractivity contribution in [1.29, 1.82) is 0 Å². The minimum atomic E-state index is -0.324. The fraction of sp³-hybridized carbons (Fsp3) is 0.179. The Bertz CT molecular complexity index is 898. The number of carbonyl (C=O) groups is 1. The number of hydrogen-bond acceptors (Lipinski definition) is 3. The molecule has 4 radical (unpaired) electrons. The summed E-state index contributed by atoms with van der Waals surface area (Å²) < 4.78 is 100. The zero-order chi connectivity index (χ0) is 37.8. The minimum Gasteiger partial charge on any atom is 0 e. The van der Waals surface area contributed by atoms with Crippen molar-refractivity contribution in [3.8, 4) is 23.7 Å². The van der Waals surface area contributed by atoms with E-state index in [0.717, 1.165) is 5.56 Å². The van der Waals surface area contributed by atoms with E-state index in [1.54, 1.807) is 0 Å². The third-order valence-electron chi connectivity index (χ3n) is 2.06. The number of ether oxygens (including phenoxy) is 2. The molecule has 0 amide bonds. The van der Waals surface area contributed by atoms with E-state index in [2.05, 4.69) is 108 Å². The molecular formula is C28H16Co4O15. The topological polar surface area (TPSA) is 274 Å². The van der Waals surface area contributed by atoms with Crippen molar-refractivity contribution in [2.24, 2.45) is 0 Å². The van der Waals surface area contributed by atoms with Gasteiger partial charge in [0.15, 0.2) is 6.61 Å². The normalized spacial score (nSPS) is 4.02. The number of esters is 1. The summed E-state index contributed by atoms with van der Waals surface area (Å²) in [5.74, 6) is 10.9. The van der Waals surface area contributed by atoms with E-state index in [-0.39, 0.29) is 79.7 Å². The van der Waals surface area contributed by atoms with Crippen molar-refractivity contribution >= 4 is 5.97 Å². The Morgan fingerprint density at radius 1 is 0.511 bits per heavy atom. The standard InChI is InChI=1S/C16H16O3.12CO.4Co/c1-15(17)19-13-9-4-2-3-8-12-18-14-16-10-6-5-7-11-16;12*1-2;;;;/h5-7,10-11H,2,12-14H2,1H3;;;;;;;;;;;;;;;;. The van der Waals surface area contributed by atoms with Gasteiger partial charge in [-0.25, -0.2) is 0 Å². The zero-order valence-electron chi connectivity index (χ0n) is 23.2. The van der Waals surface area contributed by atoms with Crippen LogP contribution in [0.5, 0.6) is 0 Å². The summed E-state index contributed by atoms with van der Waals surface area (Å²) in [5, 5.41) is 0. The van der Waals surface area contributed by atoms with Gasteiger partial charge >= 0.3 is 142 Å². The first-order chi connectivity index (χ1) is 21.3. The van der Waals surface area contributed by atoms with E-state index < -0.39 is 0 Å². The van der Waals surface area contributed by atoms with E-state index >= 15 is 0 Å². The molecule has 0 aliphatic heterocycles. The molecule has 47 heavy (non-hydrogen) atoms. The second-order valence-corrected chi connectivity index (χ2v) is 3.64. The molecule has 0 bridgehead atoms. The molecule has 0 N–H and O–H groups in total. The van der Waals surface area contributed by atoms with E-state index in [9.17, 15) is 4.79 Å². The van der Waals surface area contributed by atoms with Crippen molar-refractivity contribution in [3.63, 3.8) is 0 Å². The molecule has 1 aromatic rings. The maximum Gasteiger partial charge on any atom is 0 e. The van der Waals surface area contributed by atoms with Gasteiger partial charge in [-0.3, -0.25) is 4.79 Å². The van der Waals surface area contributed by atoms with Gasteiger partial charge in [-0.2, -0.15) is 0 Å². The molecule has 0 saturated heterocycles. The van der Waals surface area contributed by atoms with Crippen LogP contribution in [0.3, 0.4) is 0 Å². The maximum atomic E-state index is 10.4. The molecular weight excluding hydrogens is 812 g/mol. The summed E-state index contributed by atoms with van der Waals surface area (Å²) in [7, 11) is 0. The average molecular weight is 828 g/mol. The SMILES string of the molecule is CC(=O)OCC#CCC#CCOCc1ccccc1.[C-]#[O+].[C-]#[O+].[C-]#[O+].[C-]#[O+].[C-]#[O+].[C-]#[O+].[C-]#[O+].[C-]#[O+].[C-]#[O+].[C-]#[O+].[C-]#[O+].[C-]#[O+].[Co].[Co].[Co].[Co]. The molecule has 0 spiro atoms. The predicted molar refractivity (Wildman–Crippen MR) is 120 cm³/mol. The van der Waals surface area contributed by atoms with Crippen LogP contribution in [-0.2, 0) is 144 Å². The van der Waals surface area contributed by atoms with Crippen molar-refractivity contribution < 1.29 is 137 Å². The number of rotatable bonds is 4. The molecule has 0 unspecified atom stereocenters. The second kappa shape index (κ2) is 237. The van der Waals surface area contributed by atoms with Gasteiger partial charge < -0.3 is 9.47 Å². The van der Waals surface area contributed by atoms with Gasteiger partial charge in [0.1, 0.15) is 6.61 Å². The fourth-order valence-corrected chi connectivity index (χ4v) is 1.20. The van der Waals surface area contributed by atoms with Crippen molar-refractivity contribution in [3.05, 3.63) is 116 Å². The predicted octanol–water partition coefficient (Wildman–Crippen LogP) is 1.70. The van der Waals surface area contributed by atoms with Gasteiger partial charge in [0.25, 0.3) is 0 Å². The van der Waals surface area contributed by atoms with Crippen LogP contribution in [0.25, 0.3) is 0 Å². The Morgan fingerprint density at radius 2 is 0.787 bits per heavy atom. The average Bonchev–Trinajstić information content (AvgIpc) is 3.16. The van der Waals surface area contributed by atoms with E-state index in [0.29, 0.717) is 19.6 Å². The molecule has 0 aliphatic rings. The summed E-state index contributed by atoms with van der Waals surface area (Å²) in [4.78, 5) is 10.4. The number of benzene rings is 1. The van der Waals surface area contributed by atoms with Crippen LogP contribution in [0, 0.1) is 103 Å². The van der Waals surface area contributed by atoms with Gasteiger partial charge in [0.2, 0.25) is 0 Å². The molecule has 19 heteroatoms. The Hall–Kier alpha value is -3.32. The second-order valence-electron chi connectivity index (χ2n) is 3.64. The Balaban J connectivity index is -0.0000000209. The summed E-state index contributed by atoms with van der Waals surface area (Å²) in [6, 6.07) is 9.94. The summed E-state index contributed by atoms with van der Waals surface area (Å²) in [6.07, 6.45) is 0.454. The van der Waals surface area contributed by atoms with Crippen LogP contribution in [0.2, 0.25) is 0 Å². The summed E-state index contributed by atoms with van der Waals surface area (Å²) >= 11 is 0. The van der Waals surface area contributed by atoms with Crippen LogP contribution in [0.15, 0.2) is 30.3 Å². The van der Waals surface area contributed by atoms with Gasteiger partial charge in [0, 0.05) is 74.0 Å². The third-order valence-corrected chi connectivity index (χ3v) is 2.06. The summed E-state index contributed by atoms with van der Waals surface area (Å²) in [6.45, 7) is 56.4. The zero-order valence-corrected chi connectivity index (χ0v) is 27.3. The minimum absolute atomic E-state index is 0. The number of hydrogen-bond donors (Lipinski definition) is 0. The van der Waals surface area contributed by atoms with Crippen LogP contribution < -0.4 is 0 Å². The van der Waals surface area contributed by atoms with Gasteiger partial charge in [-0.15, -0.1) is 0 Å². The molecule has 0 aliphatic carbocycles. The van der Waals surface area contributed by atoms with E-state index in [4.69, 9.17) is 60.6 Å². The van der Waals surface area contributed by atoms with Crippen LogP contribution in [0.1, 0.15) is 18.9 Å². The molecule has 15 nitrogen and oxygen atoms in total. The fourth-order valence-electron chi connectivity index (χ4n) is 1.20. The quantitative estimate of drug-likeness (QED) is 0.144. The van der Waals surface area contributed by atoms with Crippen molar-refractivity contribution in [2.75, 3.05) is 13.2 Å². The molecule has 0 aromatic heterocycles. The smallest absolute Gasteiger partial charge is 0 e. The molecule has 0 atom stereocenters. The van der Waals surface area contributed by atoms with Crippen molar-refractivity contribution in [1.82, 2.24) is 0 Å². The van der Waals surface area contributed by atoms with Crippen LogP contribution >= 0.6 is 0 Å². The Kier molecular flexibility index (Phi) is 524. The van der Waals surface area contributed by atoms with Crippen LogP contribution in [0.4, 0.5) is 0 Å². The summed E-state index contributed by atoms with van der Waals surface area (Å²) in [5.41, 5.74) is 1.13. The van der Waals surface area contributed by atoms with Crippen LogP contribution in [-0.4, -0.2) is 19.2 Å². The third kappa shape index (κ3) is 226. The first-order valence-electron chi connectivity index (χ1n) is 8.40. The molecule has 0 heterocycles. The molecule has 1 rings (SSSR count). The Labute approximate surface area is 314 Å². The molecule has 1 aromatic carbocycles. The van der Waals surface area contributed by atoms with E-state index in [1.165, 1.54) is 6.92 Å². The molecule has 0 saturated carbocycles. The monoisotopic (exact) mass is 828 g/mol. The first kappa shape index (κ1) is 104. The maximum absolute atomic E-state index is 10.4. The van der Waals surface area contributed by atoms with Gasteiger partial charge in [-0.05, 0) is 5.56 Å². The van der Waals surface area contributed by atoms with Gasteiger partial charge in [-0.1, -0.05) is 54.0 Å². The molecule has 254 valence electrons. The van der Waals surface area contributed by atoms with Gasteiger partial charge in [0.05, 0.1) is 13.0 Å². The number of carbonyl (C=O) groups excluding carboxylic acids is 1. The molecule has 0 fully saturated rings. The Morgan fingerprint density at radius 3 is 1.06 bits per heavy atom. The first-order valence-corrected chi connectivity index (χ1v) is 8.40. The van der Waals surface area contributed by atoms with E-state index in [1.807, 2.05) is 30.3 Å².